The lowest BCUT2D eigenvalue weighted by Gasteiger charge is -2.43. The SMILES string of the molecule is COc1c(F)ccc(CN2CC[C@]3(OC)CC[C@H](OCCO)C[C@H]23)c1F. The van der Waals surface area contributed by atoms with Gasteiger partial charge in [0.15, 0.2) is 17.4 Å². The Hall–Kier alpha value is -1.28. The first-order valence-electron chi connectivity index (χ1n) is 9.07. The van der Waals surface area contributed by atoms with Gasteiger partial charge in [0, 0.05) is 31.8 Å². The van der Waals surface area contributed by atoms with Crippen LogP contribution in [0.25, 0.3) is 0 Å². The number of hydrogen-bond donors (Lipinski definition) is 1. The van der Waals surface area contributed by atoms with Gasteiger partial charge in [0.05, 0.1) is 32.0 Å². The molecule has 3 rings (SSSR count). The van der Waals surface area contributed by atoms with Gasteiger partial charge in [-0.15, -0.1) is 0 Å². The summed E-state index contributed by atoms with van der Waals surface area (Å²) in [5.74, 6) is -1.68. The van der Waals surface area contributed by atoms with E-state index >= 15 is 0 Å². The van der Waals surface area contributed by atoms with Crippen LogP contribution in [0.1, 0.15) is 31.2 Å². The van der Waals surface area contributed by atoms with E-state index in [9.17, 15) is 8.78 Å². The van der Waals surface area contributed by atoms with E-state index < -0.39 is 11.6 Å². The standard InChI is InChI=1S/C19H27F2NO4/c1-24-18-15(20)4-3-13(17(18)21)12-22-8-7-19(25-2)6-5-14(11-16(19)22)26-10-9-23/h3-4,14,16,23H,5-12H2,1-2H3/t14-,16-,19+/m0/s1. The van der Waals surface area contributed by atoms with E-state index in [1.807, 2.05) is 0 Å². The number of benzene rings is 1. The third kappa shape index (κ3) is 3.58. The molecular weight excluding hydrogens is 344 g/mol. The van der Waals surface area contributed by atoms with Crippen LogP contribution in [0, 0.1) is 11.6 Å². The number of methoxy groups -OCH3 is 2. The Balaban J connectivity index is 1.78. The van der Waals surface area contributed by atoms with Crippen LogP contribution < -0.4 is 4.74 Å². The molecule has 5 nitrogen and oxygen atoms in total. The molecule has 0 radical (unpaired) electrons. The summed E-state index contributed by atoms with van der Waals surface area (Å²) in [6, 6.07) is 2.81. The fourth-order valence-electron chi connectivity index (χ4n) is 4.42. The molecule has 1 aliphatic carbocycles. The number of fused-ring (bicyclic) bond motifs is 1. The van der Waals surface area contributed by atoms with Crippen molar-refractivity contribution >= 4 is 0 Å². The average molecular weight is 371 g/mol. The van der Waals surface area contributed by atoms with Crippen molar-refractivity contribution in [2.24, 2.45) is 0 Å². The van der Waals surface area contributed by atoms with E-state index in [0.29, 0.717) is 18.7 Å². The van der Waals surface area contributed by atoms with Gasteiger partial charge in [0.2, 0.25) is 0 Å². The largest absolute Gasteiger partial charge is 0.491 e. The van der Waals surface area contributed by atoms with Crippen molar-refractivity contribution in [3.63, 3.8) is 0 Å². The summed E-state index contributed by atoms with van der Waals surface area (Å²) in [5, 5.41) is 8.99. The average Bonchev–Trinajstić information content (AvgIpc) is 3.01. The van der Waals surface area contributed by atoms with Crippen molar-refractivity contribution in [3.8, 4) is 5.75 Å². The van der Waals surface area contributed by atoms with Crippen LogP contribution >= 0.6 is 0 Å². The molecule has 26 heavy (non-hydrogen) atoms. The molecule has 2 aliphatic rings. The highest BCUT2D eigenvalue weighted by atomic mass is 19.1. The Morgan fingerprint density at radius 3 is 2.77 bits per heavy atom. The van der Waals surface area contributed by atoms with E-state index in [1.54, 1.807) is 7.11 Å². The van der Waals surface area contributed by atoms with E-state index in [-0.39, 0.29) is 30.1 Å². The summed E-state index contributed by atoms with van der Waals surface area (Å²) in [6.45, 7) is 1.47. The maximum atomic E-state index is 14.6. The summed E-state index contributed by atoms with van der Waals surface area (Å²) in [7, 11) is 2.99. The van der Waals surface area contributed by atoms with Gasteiger partial charge in [0.25, 0.3) is 0 Å². The van der Waals surface area contributed by atoms with Gasteiger partial charge in [0.1, 0.15) is 0 Å². The molecule has 0 aromatic heterocycles. The maximum Gasteiger partial charge on any atom is 0.190 e. The van der Waals surface area contributed by atoms with Gasteiger partial charge in [-0.3, -0.25) is 4.90 Å². The van der Waals surface area contributed by atoms with Gasteiger partial charge in [-0.2, -0.15) is 0 Å². The van der Waals surface area contributed by atoms with Crippen LogP contribution in [0.5, 0.6) is 5.75 Å². The minimum atomic E-state index is -0.698. The summed E-state index contributed by atoms with van der Waals surface area (Å²) >= 11 is 0. The van der Waals surface area contributed by atoms with E-state index in [1.165, 1.54) is 19.2 Å². The van der Waals surface area contributed by atoms with E-state index in [4.69, 9.17) is 19.3 Å². The number of aliphatic hydroxyl groups excluding tert-OH is 1. The number of rotatable bonds is 7. The Labute approximate surface area is 152 Å². The van der Waals surface area contributed by atoms with Gasteiger partial charge in [-0.25, -0.2) is 8.78 Å². The normalized spacial score (nSPS) is 29.0. The lowest BCUT2D eigenvalue weighted by Crippen LogP contribution is -2.51. The van der Waals surface area contributed by atoms with Crippen molar-refractivity contribution in [2.75, 3.05) is 34.0 Å². The molecular formula is C19H27F2NO4. The molecule has 1 saturated carbocycles. The first kappa shape index (κ1) is 19.5. The summed E-state index contributed by atoms with van der Waals surface area (Å²) in [6.07, 6.45) is 3.46. The fraction of sp³-hybridized carbons (Fsp3) is 0.684. The van der Waals surface area contributed by atoms with Crippen LogP contribution in [0.4, 0.5) is 8.78 Å². The fourth-order valence-corrected chi connectivity index (χ4v) is 4.42. The molecule has 0 spiro atoms. The lowest BCUT2D eigenvalue weighted by atomic mass is 9.79. The zero-order chi connectivity index (χ0) is 18.7. The number of nitrogens with zero attached hydrogens (tertiary/aromatic N) is 1. The zero-order valence-corrected chi connectivity index (χ0v) is 15.3. The number of halogens is 2. The molecule has 1 saturated heterocycles. The second-order valence-corrected chi connectivity index (χ2v) is 7.05. The Morgan fingerprint density at radius 2 is 2.08 bits per heavy atom. The highest BCUT2D eigenvalue weighted by molar-refractivity contribution is 5.33. The second kappa shape index (κ2) is 8.17. The highest BCUT2D eigenvalue weighted by Crippen LogP contribution is 2.44. The highest BCUT2D eigenvalue weighted by Gasteiger charge is 2.51. The summed E-state index contributed by atoms with van der Waals surface area (Å²) in [4.78, 5) is 2.19. The van der Waals surface area contributed by atoms with Crippen molar-refractivity contribution in [2.45, 2.75) is 50.0 Å². The molecule has 3 atom stereocenters. The molecule has 1 aliphatic heterocycles. The number of aliphatic hydroxyl groups is 1. The van der Waals surface area contributed by atoms with Crippen molar-refractivity contribution in [1.82, 2.24) is 4.90 Å². The Bertz CT molecular complexity index is 630. The molecule has 1 N–H and O–H groups in total. The zero-order valence-electron chi connectivity index (χ0n) is 15.3. The molecule has 146 valence electrons. The predicted octanol–water partition coefficient (Wildman–Crippen LogP) is 2.49. The maximum absolute atomic E-state index is 14.6. The van der Waals surface area contributed by atoms with E-state index in [2.05, 4.69) is 4.90 Å². The molecule has 0 bridgehead atoms. The molecule has 7 heteroatoms. The van der Waals surface area contributed by atoms with E-state index in [0.717, 1.165) is 32.2 Å². The van der Waals surface area contributed by atoms with Crippen LogP contribution in [0.2, 0.25) is 0 Å². The van der Waals surface area contributed by atoms with Crippen molar-refractivity contribution in [1.29, 1.82) is 0 Å². The minimum absolute atomic E-state index is 0.000880. The van der Waals surface area contributed by atoms with Gasteiger partial charge in [-0.05, 0) is 31.7 Å². The Kier molecular flexibility index (Phi) is 6.12. The molecule has 1 aromatic carbocycles. The summed E-state index contributed by atoms with van der Waals surface area (Å²) in [5.41, 5.74) is 0.160. The van der Waals surface area contributed by atoms with Crippen LogP contribution in [0.15, 0.2) is 12.1 Å². The van der Waals surface area contributed by atoms with Crippen LogP contribution in [-0.4, -0.2) is 61.7 Å². The first-order chi connectivity index (χ1) is 12.5. The minimum Gasteiger partial charge on any atom is -0.491 e. The van der Waals surface area contributed by atoms with Crippen LogP contribution in [0.3, 0.4) is 0 Å². The third-order valence-electron chi connectivity index (χ3n) is 5.80. The Morgan fingerprint density at radius 1 is 1.27 bits per heavy atom. The monoisotopic (exact) mass is 371 g/mol. The molecule has 0 unspecified atom stereocenters. The smallest absolute Gasteiger partial charge is 0.190 e. The van der Waals surface area contributed by atoms with Crippen molar-refractivity contribution < 1.29 is 28.1 Å². The lowest BCUT2D eigenvalue weighted by molar-refractivity contribution is -0.104. The second-order valence-electron chi connectivity index (χ2n) is 7.05. The topological polar surface area (TPSA) is 51.2 Å². The first-order valence-corrected chi connectivity index (χ1v) is 9.07. The number of likely N-dealkylation sites (tertiary alicyclic amines) is 1. The van der Waals surface area contributed by atoms with Gasteiger partial charge in [-0.1, -0.05) is 6.07 Å². The molecule has 0 amide bonds. The third-order valence-corrected chi connectivity index (χ3v) is 5.80. The van der Waals surface area contributed by atoms with Gasteiger partial charge < -0.3 is 19.3 Å². The van der Waals surface area contributed by atoms with Gasteiger partial charge >= 0.3 is 0 Å². The number of ether oxygens (including phenoxy) is 3. The predicted molar refractivity (Wildman–Crippen MR) is 92.1 cm³/mol. The molecule has 1 aromatic rings. The summed E-state index contributed by atoms with van der Waals surface area (Å²) < 4.78 is 44.7. The van der Waals surface area contributed by atoms with Crippen LogP contribution in [-0.2, 0) is 16.0 Å². The quantitative estimate of drug-likeness (QED) is 0.798. The molecule has 2 fully saturated rings. The van der Waals surface area contributed by atoms with Crippen molar-refractivity contribution in [3.05, 3.63) is 29.3 Å². The number of hydrogen-bond acceptors (Lipinski definition) is 5. The molecule has 1 heterocycles.